The van der Waals surface area contributed by atoms with Crippen molar-refractivity contribution in [3.05, 3.63) is 0 Å². The highest BCUT2D eigenvalue weighted by Crippen LogP contribution is 2.46. The van der Waals surface area contributed by atoms with Crippen LogP contribution in [0.25, 0.3) is 0 Å². The second-order valence-corrected chi connectivity index (χ2v) is 3.06. The van der Waals surface area contributed by atoms with Crippen molar-refractivity contribution in [2.45, 2.75) is 44.6 Å². The van der Waals surface area contributed by atoms with E-state index in [1.165, 1.54) is 0 Å². The van der Waals surface area contributed by atoms with Crippen molar-refractivity contribution in [2.24, 2.45) is 5.89 Å². The second kappa shape index (κ2) is 4.19. The van der Waals surface area contributed by atoms with Crippen LogP contribution in [0.1, 0.15) is 30.8 Å². The molecule has 1 nitrogen and oxygen atoms in total. The van der Waals surface area contributed by atoms with E-state index in [0.717, 1.165) is 0 Å². The minimum Gasteiger partial charge on any atom is -0.374 e. The standard InChI is InChI=1S/C8H12F6O/c1-3-5(2)4-6(15,7(9,10)11)8(12,13)14/h5,15H,3-4H2,1-2H3/i3D2,5D. The van der Waals surface area contributed by atoms with Gasteiger partial charge in [0.2, 0.25) is 0 Å². The van der Waals surface area contributed by atoms with Crippen LogP contribution in [0.15, 0.2) is 0 Å². The Hall–Kier alpha value is -0.460. The fraction of sp³-hybridized carbons (Fsp3) is 1.00. The van der Waals surface area contributed by atoms with Crippen LogP contribution in [0.4, 0.5) is 26.3 Å². The fourth-order valence-corrected chi connectivity index (χ4v) is 0.833. The van der Waals surface area contributed by atoms with Crippen molar-refractivity contribution >= 4 is 0 Å². The largest absolute Gasteiger partial charge is 0.426 e. The van der Waals surface area contributed by atoms with Gasteiger partial charge in [0, 0.05) is 4.11 Å². The summed E-state index contributed by atoms with van der Waals surface area (Å²) in [7, 11) is 0. The normalized spacial score (nSPS) is 22.6. The lowest BCUT2D eigenvalue weighted by Gasteiger charge is -2.34. The summed E-state index contributed by atoms with van der Waals surface area (Å²) >= 11 is 0. The topological polar surface area (TPSA) is 20.2 Å². The molecule has 0 heterocycles. The van der Waals surface area contributed by atoms with Crippen LogP contribution in [-0.4, -0.2) is 23.1 Å². The first kappa shape index (κ1) is 9.74. The van der Waals surface area contributed by atoms with Gasteiger partial charge in [0.1, 0.15) is 0 Å². The minimum atomic E-state index is -6.04. The van der Waals surface area contributed by atoms with E-state index in [2.05, 4.69) is 0 Å². The molecule has 1 atom stereocenters. The molecule has 0 aromatic heterocycles. The van der Waals surface area contributed by atoms with Crippen molar-refractivity contribution in [3.63, 3.8) is 0 Å². The lowest BCUT2D eigenvalue weighted by atomic mass is 9.89. The zero-order valence-electron chi connectivity index (χ0n) is 10.9. The van der Waals surface area contributed by atoms with Crippen LogP contribution in [0, 0.1) is 5.89 Å². The number of hydrogen-bond acceptors (Lipinski definition) is 1. The van der Waals surface area contributed by atoms with Gasteiger partial charge >= 0.3 is 12.4 Å². The third kappa shape index (κ3) is 2.99. The molecule has 1 unspecified atom stereocenters. The van der Waals surface area contributed by atoms with E-state index in [9.17, 15) is 26.3 Å². The van der Waals surface area contributed by atoms with Gasteiger partial charge in [0.15, 0.2) is 0 Å². The zero-order chi connectivity index (χ0) is 15.2. The van der Waals surface area contributed by atoms with Gasteiger partial charge in [0.05, 0.1) is 0 Å². The Morgan fingerprint density at radius 2 is 1.53 bits per heavy atom. The Balaban J connectivity index is 5.58. The summed E-state index contributed by atoms with van der Waals surface area (Å²) < 4.78 is 95.4. The lowest BCUT2D eigenvalue weighted by molar-refractivity contribution is -0.372. The maximum atomic E-state index is 12.3. The highest BCUT2D eigenvalue weighted by Gasteiger charge is 2.70. The summed E-state index contributed by atoms with van der Waals surface area (Å²) in [5.41, 5.74) is -5.11. The molecule has 1 N–H and O–H groups in total. The van der Waals surface area contributed by atoms with E-state index in [1.54, 1.807) is 0 Å². The molecule has 0 aliphatic heterocycles. The predicted molar refractivity (Wildman–Crippen MR) is 41.1 cm³/mol. The molecule has 0 amide bonds. The summed E-state index contributed by atoms with van der Waals surface area (Å²) in [5.74, 6) is -2.77. The SMILES string of the molecule is [2H]C([2H])(C)C([2H])(C)CC(O)(C(F)(F)F)C(F)(F)F. The third-order valence-electron chi connectivity index (χ3n) is 1.89. The maximum absolute atomic E-state index is 12.3. The first-order chi connectivity index (χ1) is 7.46. The average Bonchev–Trinajstić information content (AvgIpc) is 1.95. The van der Waals surface area contributed by atoms with Gasteiger partial charge < -0.3 is 5.11 Å². The van der Waals surface area contributed by atoms with Crippen LogP contribution in [0.3, 0.4) is 0 Å². The Bertz CT molecular complexity index is 289. The number of alkyl halides is 6. The average molecular weight is 241 g/mol. The van der Waals surface area contributed by atoms with Crippen LogP contribution >= 0.6 is 0 Å². The summed E-state index contributed by atoms with van der Waals surface area (Å²) in [6, 6.07) is 0. The summed E-state index contributed by atoms with van der Waals surface area (Å²) in [6.07, 6.45) is -16.9. The van der Waals surface area contributed by atoms with Crippen LogP contribution in [-0.2, 0) is 0 Å². The van der Waals surface area contributed by atoms with Gasteiger partial charge in [-0.2, -0.15) is 26.3 Å². The van der Waals surface area contributed by atoms with E-state index >= 15 is 0 Å². The van der Waals surface area contributed by atoms with Crippen LogP contribution < -0.4 is 0 Å². The first-order valence-corrected chi connectivity index (χ1v) is 3.81. The molecule has 0 aromatic rings. The van der Waals surface area contributed by atoms with E-state index in [1.807, 2.05) is 0 Å². The zero-order valence-corrected chi connectivity index (χ0v) is 7.92. The number of halogens is 6. The molecular formula is C8H12F6O. The third-order valence-corrected chi connectivity index (χ3v) is 1.89. The quantitative estimate of drug-likeness (QED) is 0.752. The van der Waals surface area contributed by atoms with Crippen molar-refractivity contribution < 1.29 is 35.6 Å². The molecule has 0 aromatic carbocycles. The molecule has 7 heteroatoms. The highest BCUT2D eigenvalue weighted by atomic mass is 19.4. The molecule has 0 rings (SSSR count). The van der Waals surface area contributed by atoms with E-state index in [-0.39, 0.29) is 0 Å². The molecule has 0 radical (unpaired) electrons. The number of aliphatic hydroxyl groups is 1. The molecular weight excluding hydrogens is 226 g/mol. The number of rotatable bonds is 3. The maximum Gasteiger partial charge on any atom is 0.426 e. The molecule has 0 bridgehead atoms. The second-order valence-electron chi connectivity index (χ2n) is 3.06. The Morgan fingerprint density at radius 3 is 1.73 bits per heavy atom. The predicted octanol–water partition coefficient (Wildman–Crippen LogP) is 3.28. The Morgan fingerprint density at radius 1 is 1.20 bits per heavy atom. The van der Waals surface area contributed by atoms with E-state index in [0.29, 0.717) is 13.8 Å². The van der Waals surface area contributed by atoms with Crippen molar-refractivity contribution in [1.82, 2.24) is 0 Å². The first-order valence-electron chi connectivity index (χ1n) is 5.31. The van der Waals surface area contributed by atoms with Crippen molar-refractivity contribution in [1.29, 1.82) is 0 Å². The van der Waals surface area contributed by atoms with Crippen LogP contribution in [0.2, 0.25) is 0 Å². The molecule has 92 valence electrons. The smallest absolute Gasteiger partial charge is 0.374 e. The minimum absolute atomic E-state index is 0.565. The highest BCUT2D eigenvalue weighted by molar-refractivity contribution is 4.94. The number of hydrogen-bond donors (Lipinski definition) is 1. The van der Waals surface area contributed by atoms with Gasteiger partial charge in [-0.15, -0.1) is 0 Å². The van der Waals surface area contributed by atoms with Gasteiger partial charge in [-0.25, -0.2) is 0 Å². The molecule has 0 saturated heterocycles. The van der Waals surface area contributed by atoms with E-state index in [4.69, 9.17) is 9.22 Å². The lowest BCUT2D eigenvalue weighted by Crippen LogP contribution is -2.57. The summed E-state index contributed by atoms with van der Waals surface area (Å²) in [6.45, 7) is 1.24. The molecule has 0 aliphatic rings. The molecule has 15 heavy (non-hydrogen) atoms. The van der Waals surface area contributed by atoms with Crippen molar-refractivity contribution in [2.75, 3.05) is 0 Å². The molecule has 0 aliphatic carbocycles. The Labute approximate surface area is 87.3 Å². The van der Waals surface area contributed by atoms with E-state index < -0.39 is 36.6 Å². The van der Waals surface area contributed by atoms with Crippen LogP contribution in [0.5, 0.6) is 0 Å². The molecule has 0 fully saturated rings. The van der Waals surface area contributed by atoms with Gasteiger partial charge in [0.25, 0.3) is 5.60 Å². The molecule has 0 saturated carbocycles. The van der Waals surface area contributed by atoms with Gasteiger partial charge in [-0.3, -0.25) is 0 Å². The van der Waals surface area contributed by atoms with Gasteiger partial charge in [-0.1, -0.05) is 20.2 Å². The van der Waals surface area contributed by atoms with Crippen molar-refractivity contribution in [3.8, 4) is 0 Å². The fourth-order valence-electron chi connectivity index (χ4n) is 0.833. The summed E-state index contributed by atoms with van der Waals surface area (Å²) in [4.78, 5) is 0. The summed E-state index contributed by atoms with van der Waals surface area (Å²) in [5, 5.41) is 8.85. The monoisotopic (exact) mass is 241 g/mol. The van der Waals surface area contributed by atoms with Gasteiger partial charge in [-0.05, 0) is 12.3 Å². The molecule has 0 spiro atoms. The Kier molecular flexibility index (Phi) is 2.72.